The van der Waals surface area contributed by atoms with Gasteiger partial charge in [0.05, 0.1) is 11.8 Å². The molecule has 1 heterocycles. The summed E-state index contributed by atoms with van der Waals surface area (Å²) < 4.78 is 26.8. The Balaban J connectivity index is 1.72. The smallest absolute Gasteiger partial charge is 0.238 e. The third-order valence-electron chi connectivity index (χ3n) is 7.15. The van der Waals surface area contributed by atoms with Crippen molar-refractivity contribution >= 4 is 15.9 Å². The van der Waals surface area contributed by atoms with Crippen LogP contribution in [0.25, 0.3) is 0 Å². The summed E-state index contributed by atoms with van der Waals surface area (Å²) in [6.07, 6.45) is 8.71. The van der Waals surface area contributed by atoms with E-state index in [1.165, 1.54) is 17.1 Å². The second kappa shape index (κ2) is 5.75. The molecule has 2 bridgehead atoms. The molecule has 0 N–H and O–H groups in total. The highest BCUT2D eigenvalue weighted by Gasteiger charge is 2.72. The fourth-order valence-corrected chi connectivity index (χ4v) is 8.18. The van der Waals surface area contributed by atoms with Gasteiger partial charge < -0.3 is 0 Å². The summed E-state index contributed by atoms with van der Waals surface area (Å²) in [5, 5.41) is 0. The summed E-state index contributed by atoms with van der Waals surface area (Å²) in [6.45, 7) is 6.61. The van der Waals surface area contributed by atoms with Crippen LogP contribution in [-0.4, -0.2) is 30.4 Å². The fourth-order valence-electron chi connectivity index (χ4n) is 5.61. The lowest BCUT2D eigenvalue weighted by molar-refractivity contribution is -0.129. The highest BCUT2D eigenvalue weighted by atomic mass is 32.2. The molecule has 0 radical (unpaired) electrons. The van der Waals surface area contributed by atoms with Crippen LogP contribution < -0.4 is 0 Å². The van der Waals surface area contributed by atoms with E-state index in [0.717, 1.165) is 38.5 Å². The van der Waals surface area contributed by atoms with Crippen LogP contribution in [0.5, 0.6) is 0 Å². The highest BCUT2D eigenvalue weighted by molar-refractivity contribution is 7.90. The molecule has 2 saturated carbocycles. The van der Waals surface area contributed by atoms with E-state index in [0.29, 0.717) is 12.3 Å². The molecule has 1 amide bonds. The molecule has 1 aliphatic heterocycles. The van der Waals surface area contributed by atoms with Crippen molar-refractivity contribution in [3.63, 3.8) is 0 Å². The molecule has 2 aliphatic carbocycles. The number of carbonyl (C=O) groups is 1. The molecule has 4 nitrogen and oxygen atoms in total. The van der Waals surface area contributed by atoms with E-state index >= 15 is 0 Å². The van der Waals surface area contributed by atoms with Gasteiger partial charge in [-0.3, -0.25) is 4.79 Å². The van der Waals surface area contributed by atoms with E-state index in [1.807, 2.05) is 0 Å². The molecule has 5 heteroatoms. The predicted octanol–water partition coefficient (Wildman–Crippen LogP) is 3.71. The van der Waals surface area contributed by atoms with Crippen molar-refractivity contribution in [3.8, 4) is 0 Å². The summed E-state index contributed by atoms with van der Waals surface area (Å²) in [5.74, 6) is 0.616. The van der Waals surface area contributed by atoms with Gasteiger partial charge >= 0.3 is 0 Å². The van der Waals surface area contributed by atoms with Gasteiger partial charge in [-0.2, -0.15) is 0 Å². The number of carbonyl (C=O) groups excluding carboxylic acids is 1. The maximum Gasteiger partial charge on any atom is 0.238 e. The average molecular weight is 342 g/mol. The number of nitrogens with zero attached hydrogens (tertiary/aromatic N) is 1. The van der Waals surface area contributed by atoms with Crippen molar-refractivity contribution in [1.29, 1.82) is 0 Å². The Morgan fingerprint density at radius 1 is 1.17 bits per heavy atom. The van der Waals surface area contributed by atoms with E-state index in [2.05, 4.69) is 20.8 Å². The minimum atomic E-state index is -3.42. The Labute approximate surface area is 141 Å². The monoisotopic (exact) mass is 341 g/mol. The summed E-state index contributed by atoms with van der Waals surface area (Å²) in [5.41, 5.74) is -0.144. The molecule has 23 heavy (non-hydrogen) atoms. The first-order valence-corrected chi connectivity index (χ1v) is 10.9. The van der Waals surface area contributed by atoms with Gasteiger partial charge in [0.25, 0.3) is 0 Å². The van der Waals surface area contributed by atoms with Crippen molar-refractivity contribution in [3.05, 3.63) is 0 Å². The first-order chi connectivity index (χ1) is 10.8. The molecule has 0 unspecified atom stereocenters. The zero-order valence-corrected chi connectivity index (χ0v) is 15.6. The second-order valence-corrected chi connectivity index (χ2v) is 10.3. The molecule has 132 valence electrons. The first kappa shape index (κ1) is 17.2. The lowest BCUT2D eigenvalue weighted by atomic mass is 9.69. The molecular weight excluding hydrogens is 310 g/mol. The van der Waals surface area contributed by atoms with Crippen LogP contribution >= 0.6 is 0 Å². The Morgan fingerprint density at radius 2 is 1.87 bits per heavy atom. The lowest BCUT2D eigenvalue weighted by Crippen LogP contribution is -2.44. The standard InChI is InChI=1S/C18H31NO3S/c1-4-5-6-7-8-9-16(20)19-15-12-14-10-11-18(15,17(14,2)3)13-23(19,21)22/h14-15H,4-13H2,1-3H3/t14-,15-,18-/m0/s1. The average Bonchev–Trinajstić information content (AvgIpc) is 2.93. The zero-order chi connectivity index (χ0) is 16.9. The SMILES string of the molecule is CCCCCCCC(=O)N1[C@H]2C[C@@H]3CC[C@@]2(CS1(=O)=O)C3(C)C. The highest BCUT2D eigenvalue weighted by Crippen LogP contribution is 2.70. The summed E-state index contributed by atoms with van der Waals surface area (Å²) in [4.78, 5) is 12.7. The van der Waals surface area contributed by atoms with Gasteiger partial charge in [0.15, 0.2) is 0 Å². The Kier molecular flexibility index (Phi) is 4.31. The minimum Gasteiger partial charge on any atom is -0.274 e. The maximum absolute atomic E-state index is 12.7. The molecule has 3 atom stereocenters. The molecule has 0 aromatic rings. The Hall–Kier alpha value is -0.580. The zero-order valence-electron chi connectivity index (χ0n) is 14.8. The van der Waals surface area contributed by atoms with E-state index in [9.17, 15) is 13.2 Å². The van der Waals surface area contributed by atoms with Crippen LogP contribution in [0.3, 0.4) is 0 Å². The molecule has 0 aromatic carbocycles. The van der Waals surface area contributed by atoms with Crippen LogP contribution in [0, 0.1) is 16.7 Å². The lowest BCUT2D eigenvalue weighted by Gasteiger charge is -2.37. The van der Waals surface area contributed by atoms with Crippen LogP contribution in [0.2, 0.25) is 0 Å². The van der Waals surface area contributed by atoms with Gasteiger partial charge in [0, 0.05) is 11.8 Å². The summed E-state index contributed by atoms with van der Waals surface area (Å²) >= 11 is 0. The number of hydrogen-bond acceptors (Lipinski definition) is 3. The van der Waals surface area contributed by atoms with Gasteiger partial charge in [-0.1, -0.05) is 46.5 Å². The van der Waals surface area contributed by atoms with Gasteiger partial charge in [-0.15, -0.1) is 0 Å². The van der Waals surface area contributed by atoms with E-state index in [1.54, 1.807) is 0 Å². The van der Waals surface area contributed by atoms with Crippen molar-refractivity contribution < 1.29 is 13.2 Å². The third kappa shape index (κ3) is 2.45. The predicted molar refractivity (Wildman–Crippen MR) is 91.4 cm³/mol. The number of amides is 1. The number of fused-ring (bicyclic) bond motifs is 1. The topological polar surface area (TPSA) is 54.5 Å². The minimum absolute atomic E-state index is 0.0426. The van der Waals surface area contributed by atoms with E-state index in [-0.39, 0.29) is 28.5 Å². The van der Waals surface area contributed by atoms with E-state index in [4.69, 9.17) is 0 Å². The van der Waals surface area contributed by atoms with Crippen molar-refractivity contribution in [2.45, 2.75) is 84.6 Å². The van der Waals surface area contributed by atoms with Crippen molar-refractivity contribution in [2.75, 3.05) is 5.75 Å². The first-order valence-electron chi connectivity index (χ1n) is 9.31. The molecule has 1 spiro atoms. The number of unbranched alkanes of at least 4 members (excludes halogenated alkanes) is 4. The number of hydrogen-bond donors (Lipinski definition) is 0. The van der Waals surface area contributed by atoms with Crippen molar-refractivity contribution in [2.24, 2.45) is 16.7 Å². The molecule has 1 saturated heterocycles. The van der Waals surface area contributed by atoms with E-state index < -0.39 is 10.0 Å². The summed E-state index contributed by atoms with van der Waals surface area (Å²) in [7, 11) is -3.42. The molecule has 3 rings (SSSR count). The van der Waals surface area contributed by atoms with Gasteiger partial charge in [0.1, 0.15) is 0 Å². The summed E-state index contributed by atoms with van der Waals surface area (Å²) in [6, 6.07) is -0.0654. The molecule has 3 fully saturated rings. The largest absolute Gasteiger partial charge is 0.274 e. The van der Waals surface area contributed by atoms with Crippen LogP contribution in [-0.2, 0) is 14.8 Å². The van der Waals surface area contributed by atoms with Gasteiger partial charge in [-0.05, 0) is 37.0 Å². The van der Waals surface area contributed by atoms with Gasteiger partial charge in [0.2, 0.25) is 15.9 Å². The fraction of sp³-hybridized carbons (Fsp3) is 0.944. The van der Waals surface area contributed by atoms with Gasteiger partial charge in [-0.25, -0.2) is 12.7 Å². The quantitative estimate of drug-likeness (QED) is 0.692. The second-order valence-electron chi connectivity index (χ2n) is 8.47. The normalized spacial score (nSPS) is 36.4. The third-order valence-corrected chi connectivity index (χ3v) is 9.09. The van der Waals surface area contributed by atoms with Crippen LogP contribution in [0.15, 0.2) is 0 Å². The number of sulfonamides is 1. The molecular formula is C18H31NO3S. The Morgan fingerprint density at radius 3 is 2.52 bits per heavy atom. The van der Waals surface area contributed by atoms with Crippen molar-refractivity contribution in [1.82, 2.24) is 4.31 Å². The van der Waals surface area contributed by atoms with Crippen LogP contribution in [0.4, 0.5) is 0 Å². The number of rotatable bonds is 6. The Bertz CT molecular complexity index is 583. The molecule has 0 aromatic heterocycles. The van der Waals surface area contributed by atoms with Crippen LogP contribution in [0.1, 0.15) is 78.6 Å². The molecule has 3 aliphatic rings. The maximum atomic E-state index is 12.7.